The number of likely N-dealkylation sites (tertiary alicyclic amines) is 2. The number of aromatic nitrogens is 3. The van der Waals surface area contributed by atoms with Crippen molar-refractivity contribution in [2.75, 3.05) is 39.0 Å². The maximum atomic E-state index is 15.1. The van der Waals surface area contributed by atoms with Crippen LogP contribution < -0.4 is 5.73 Å². The monoisotopic (exact) mass is 456 g/mol. The largest absolute Gasteiger partial charge is 0.384 e. The van der Waals surface area contributed by atoms with Gasteiger partial charge in [-0.15, -0.1) is 0 Å². The number of rotatable bonds is 3. The average molecular weight is 457 g/mol. The minimum Gasteiger partial charge on any atom is -0.384 e. The number of benzene rings is 1. The molecule has 2 aromatic heterocycles. The van der Waals surface area contributed by atoms with Gasteiger partial charge in [0, 0.05) is 48.9 Å². The molecule has 8 heteroatoms. The van der Waals surface area contributed by atoms with E-state index in [9.17, 15) is 4.79 Å². The van der Waals surface area contributed by atoms with Gasteiger partial charge >= 0.3 is 0 Å². The molecule has 3 aromatic rings. The first-order chi connectivity index (χ1) is 16.4. The third kappa shape index (κ3) is 3.99. The molecule has 0 radical (unpaired) electrons. The number of amides is 1. The Morgan fingerprint density at radius 2 is 1.91 bits per heavy atom. The van der Waals surface area contributed by atoms with Crippen LogP contribution in [0.1, 0.15) is 34.1 Å². The fourth-order valence-corrected chi connectivity index (χ4v) is 4.87. The van der Waals surface area contributed by atoms with Gasteiger partial charge in [0.15, 0.2) is 0 Å². The highest BCUT2D eigenvalue weighted by molar-refractivity contribution is 5.95. The maximum Gasteiger partial charge on any atom is 0.256 e. The summed E-state index contributed by atoms with van der Waals surface area (Å²) in [6.07, 6.45) is 3.69. The van der Waals surface area contributed by atoms with E-state index in [0.717, 1.165) is 18.8 Å². The molecule has 0 bridgehead atoms. The molecule has 5 rings (SSSR count). The van der Waals surface area contributed by atoms with E-state index in [1.165, 1.54) is 12.4 Å². The fraction of sp³-hybridized carbons (Fsp3) is 0.308. The normalized spacial score (nSPS) is 16.4. The molecule has 4 heterocycles. The topological polar surface area (TPSA) is 88.2 Å². The van der Waals surface area contributed by atoms with E-state index in [0.29, 0.717) is 47.7 Å². The third-order valence-electron chi connectivity index (χ3n) is 6.40. The van der Waals surface area contributed by atoms with Gasteiger partial charge in [-0.1, -0.05) is 24.8 Å². The number of nitrogens with two attached hydrogens (primary N) is 1. The first kappa shape index (κ1) is 22.0. The summed E-state index contributed by atoms with van der Waals surface area (Å²) in [5.74, 6) is 5.78. The fourth-order valence-electron chi connectivity index (χ4n) is 4.87. The molecule has 2 saturated heterocycles. The summed E-state index contributed by atoms with van der Waals surface area (Å²) >= 11 is 0. The van der Waals surface area contributed by atoms with Gasteiger partial charge in [-0.05, 0) is 37.7 Å². The van der Waals surface area contributed by atoms with E-state index in [1.54, 1.807) is 35.4 Å². The lowest BCUT2D eigenvalue weighted by molar-refractivity contribution is -0.0873. The summed E-state index contributed by atoms with van der Waals surface area (Å²) in [6, 6.07) is 8.09. The highest BCUT2D eigenvalue weighted by Crippen LogP contribution is 2.39. The van der Waals surface area contributed by atoms with Crippen LogP contribution in [-0.4, -0.2) is 63.9 Å². The number of carbonyl (C=O) groups is 1. The molecule has 2 aliphatic heterocycles. The molecule has 0 aliphatic carbocycles. The van der Waals surface area contributed by atoms with E-state index in [-0.39, 0.29) is 16.9 Å². The molecule has 0 atom stereocenters. The number of pyridine rings is 1. The van der Waals surface area contributed by atoms with Crippen LogP contribution in [0.15, 0.2) is 42.9 Å². The zero-order valence-electron chi connectivity index (χ0n) is 19.2. The van der Waals surface area contributed by atoms with Crippen LogP contribution in [0.25, 0.3) is 11.3 Å². The van der Waals surface area contributed by atoms with Gasteiger partial charge in [0.2, 0.25) is 0 Å². The number of carbonyl (C=O) groups excluding carboxylic acids is 1. The summed E-state index contributed by atoms with van der Waals surface area (Å²) in [7, 11) is 2.07. The Bertz CT molecular complexity index is 1310. The van der Waals surface area contributed by atoms with Crippen molar-refractivity contribution in [3.05, 3.63) is 71.1 Å². The lowest BCUT2D eigenvalue weighted by Gasteiger charge is -2.59. The lowest BCUT2D eigenvalue weighted by Crippen LogP contribution is -2.72. The van der Waals surface area contributed by atoms with E-state index >= 15 is 4.39 Å². The Morgan fingerprint density at radius 3 is 2.56 bits per heavy atom. The highest BCUT2D eigenvalue weighted by Gasteiger charge is 2.52. The van der Waals surface area contributed by atoms with Crippen molar-refractivity contribution in [2.45, 2.75) is 13.3 Å². The van der Waals surface area contributed by atoms with Crippen molar-refractivity contribution in [1.82, 2.24) is 24.8 Å². The Labute approximate surface area is 197 Å². The molecule has 34 heavy (non-hydrogen) atoms. The van der Waals surface area contributed by atoms with Crippen molar-refractivity contribution in [3.63, 3.8) is 0 Å². The van der Waals surface area contributed by atoms with E-state index < -0.39 is 5.82 Å². The second-order valence-electron chi connectivity index (χ2n) is 9.15. The molecular weight excluding hydrogens is 431 g/mol. The molecule has 1 amide bonds. The Hall–Kier alpha value is -3.83. The van der Waals surface area contributed by atoms with Crippen LogP contribution >= 0.6 is 0 Å². The van der Waals surface area contributed by atoms with Crippen molar-refractivity contribution in [1.29, 1.82) is 0 Å². The highest BCUT2D eigenvalue weighted by atomic mass is 19.1. The van der Waals surface area contributed by atoms with Crippen LogP contribution in [-0.2, 0) is 6.42 Å². The van der Waals surface area contributed by atoms with Crippen molar-refractivity contribution < 1.29 is 9.18 Å². The SMILES string of the molecule is CCc1ncnc(-c2ccc(C(=O)N3CC4(CN(C)C4)C3)c(F)c2)c1C#Cc1ccc(N)nc1. The predicted octanol–water partition coefficient (Wildman–Crippen LogP) is 2.61. The van der Waals surface area contributed by atoms with E-state index in [1.807, 2.05) is 6.92 Å². The van der Waals surface area contributed by atoms with Gasteiger partial charge in [0.25, 0.3) is 5.91 Å². The van der Waals surface area contributed by atoms with Crippen LogP contribution in [0.3, 0.4) is 0 Å². The number of aryl methyl sites for hydroxylation is 1. The molecular formula is C26H25FN6O. The summed E-state index contributed by atoms with van der Waals surface area (Å²) in [5, 5.41) is 0. The molecule has 2 N–H and O–H groups in total. The standard InChI is InChI=1S/C26H25FN6O/c1-3-22-20(7-4-17-5-9-23(28)29-11-17)24(31-16-30-22)18-6-8-19(21(27)10-18)25(34)33-14-26(15-33)12-32(2)13-26/h5-6,8-11,16H,3,12-15H2,1-2H3,(H2,28,29). The first-order valence-electron chi connectivity index (χ1n) is 11.2. The molecule has 2 aliphatic rings. The molecule has 7 nitrogen and oxygen atoms in total. The molecule has 2 fully saturated rings. The third-order valence-corrected chi connectivity index (χ3v) is 6.40. The van der Waals surface area contributed by atoms with Crippen LogP contribution in [0.5, 0.6) is 0 Å². The summed E-state index contributed by atoms with van der Waals surface area (Å²) in [5.41, 5.74) is 9.08. The quantitative estimate of drug-likeness (QED) is 0.610. The Morgan fingerprint density at radius 1 is 1.12 bits per heavy atom. The number of hydrogen-bond acceptors (Lipinski definition) is 6. The molecule has 1 aromatic carbocycles. The van der Waals surface area contributed by atoms with Crippen molar-refractivity contribution in [3.8, 4) is 23.1 Å². The van der Waals surface area contributed by atoms with Crippen molar-refractivity contribution in [2.24, 2.45) is 5.41 Å². The smallest absolute Gasteiger partial charge is 0.256 e. The van der Waals surface area contributed by atoms with Crippen molar-refractivity contribution >= 4 is 11.7 Å². The summed E-state index contributed by atoms with van der Waals surface area (Å²) in [6.45, 7) is 5.32. The summed E-state index contributed by atoms with van der Waals surface area (Å²) < 4.78 is 15.1. The molecule has 172 valence electrons. The lowest BCUT2D eigenvalue weighted by atomic mass is 9.73. The number of nitrogen functional groups attached to an aromatic ring is 1. The minimum atomic E-state index is -0.563. The van der Waals surface area contributed by atoms with Gasteiger partial charge in [0.05, 0.1) is 22.5 Å². The maximum absolute atomic E-state index is 15.1. The second kappa shape index (κ2) is 8.50. The number of anilines is 1. The van der Waals surface area contributed by atoms with Gasteiger partial charge in [0.1, 0.15) is 18.0 Å². The Balaban J connectivity index is 1.42. The minimum absolute atomic E-state index is 0.0802. The van der Waals surface area contributed by atoms with Crippen LogP contribution in [0.2, 0.25) is 0 Å². The zero-order chi connectivity index (χ0) is 23.9. The molecule has 0 unspecified atom stereocenters. The average Bonchev–Trinajstić information content (AvgIpc) is 2.79. The van der Waals surface area contributed by atoms with Crippen LogP contribution in [0, 0.1) is 23.1 Å². The Kier molecular flexibility index (Phi) is 5.50. The first-order valence-corrected chi connectivity index (χ1v) is 11.2. The number of hydrogen-bond donors (Lipinski definition) is 1. The zero-order valence-corrected chi connectivity index (χ0v) is 19.2. The van der Waals surface area contributed by atoms with Crippen LogP contribution in [0.4, 0.5) is 10.2 Å². The van der Waals surface area contributed by atoms with Gasteiger partial charge in [-0.2, -0.15) is 0 Å². The van der Waals surface area contributed by atoms with Gasteiger partial charge in [-0.3, -0.25) is 4.79 Å². The predicted molar refractivity (Wildman–Crippen MR) is 127 cm³/mol. The van der Waals surface area contributed by atoms with E-state index in [2.05, 4.69) is 38.7 Å². The van der Waals surface area contributed by atoms with Gasteiger partial charge in [-0.25, -0.2) is 19.3 Å². The number of halogens is 1. The van der Waals surface area contributed by atoms with E-state index in [4.69, 9.17) is 5.73 Å². The molecule has 0 saturated carbocycles. The summed E-state index contributed by atoms with van der Waals surface area (Å²) in [4.78, 5) is 29.6. The number of nitrogens with zero attached hydrogens (tertiary/aromatic N) is 5. The van der Waals surface area contributed by atoms with Gasteiger partial charge < -0.3 is 15.5 Å². The second-order valence-corrected chi connectivity index (χ2v) is 9.15. The molecule has 1 spiro atoms.